The minimum absolute atomic E-state index is 0.107. The van der Waals surface area contributed by atoms with Crippen LogP contribution in [0.15, 0.2) is 29.8 Å². The van der Waals surface area contributed by atoms with Crippen LogP contribution >= 0.6 is 33.9 Å². The number of anilines is 1. The van der Waals surface area contributed by atoms with Gasteiger partial charge in [-0.1, -0.05) is 0 Å². The summed E-state index contributed by atoms with van der Waals surface area (Å²) < 4.78 is 3.19. The van der Waals surface area contributed by atoms with E-state index in [1.54, 1.807) is 11.3 Å². The molecule has 1 unspecified atom stereocenters. The van der Waals surface area contributed by atoms with Crippen molar-refractivity contribution in [2.75, 3.05) is 5.73 Å². The van der Waals surface area contributed by atoms with Crippen molar-refractivity contribution in [1.29, 1.82) is 0 Å². The summed E-state index contributed by atoms with van der Waals surface area (Å²) >= 11 is 3.91. The van der Waals surface area contributed by atoms with Gasteiger partial charge in [-0.2, -0.15) is 0 Å². The Morgan fingerprint density at radius 2 is 2.28 bits per heavy atom. The van der Waals surface area contributed by atoms with Gasteiger partial charge in [0.05, 0.1) is 17.1 Å². The molecule has 0 saturated carbocycles. The van der Waals surface area contributed by atoms with Crippen molar-refractivity contribution in [3.05, 3.63) is 38.4 Å². The molecule has 1 atom stereocenters. The number of aromatic nitrogens is 3. The Bertz CT molecular complexity index is 689. The Hall–Kier alpha value is -1.15. The fourth-order valence-corrected chi connectivity index (χ4v) is 3.21. The van der Waals surface area contributed by atoms with E-state index < -0.39 is 0 Å². The molecular formula is C12H11IN4S. The molecule has 0 aliphatic carbocycles. The predicted octanol–water partition coefficient (Wildman–Crippen LogP) is 3.29. The molecule has 2 N–H and O–H groups in total. The molecule has 0 aliphatic rings. The van der Waals surface area contributed by atoms with Gasteiger partial charge in [-0.05, 0) is 47.7 Å². The molecule has 3 aromatic rings. The van der Waals surface area contributed by atoms with E-state index in [-0.39, 0.29) is 6.04 Å². The molecule has 0 bridgehead atoms. The second kappa shape index (κ2) is 4.51. The summed E-state index contributed by atoms with van der Waals surface area (Å²) in [5, 5.41) is 3.02. The lowest BCUT2D eigenvalue weighted by Gasteiger charge is -2.13. The summed E-state index contributed by atoms with van der Waals surface area (Å²) in [5.74, 6) is 0.537. The van der Waals surface area contributed by atoms with Gasteiger partial charge in [-0.3, -0.25) is 0 Å². The van der Waals surface area contributed by atoms with Crippen LogP contribution < -0.4 is 5.73 Å². The molecule has 6 heteroatoms. The second-order valence-corrected chi connectivity index (χ2v) is 6.19. The first-order valence-corrected chi connectivity index (χ1v) is 7.45. The quantitative estimate of drug-likeness (QED) is 0.705. The van der Waals surface area contributed by atoms with Crippen LogP contribution in [0.2, 0.25) is 0 Å². The van der Waals surface area contributed by atoms with Gasteiger partial charge >= 0.3 is 0 Å². The lowest BCUT2D eigenvalue weighted by molar-refractivity contribution is 0.662. The fourth-order valence-electron chi connectivity index (χ4n) is 2.05. The average Bonchev–Trinajstić information content (AvgIpc) is 2.94. The molecular weight excluding hydrogens is 359 g/mol. The number of nitrogen functional groups attached to an aromatic ring is 1. The van der Waals surface area contributed by atoms with E-state index in [4.69, 9.17) is 5.73 Å². The Morgan fingerprint density at radius 1 is 1.44 bits per heavy atom. The molecule has 18 heavy (non-hydrogen) atoms. The van der Waals surface area contributed by atoms with Crippen molar-refractivity contribution < 1.29 is 0 Å². The topological polar surface area (TPSA) is 56.7 Å². The van der Waals surface area contributed by atoms with Crippen LogP contribution in [0, 0.1) is 3.57 Å². The SMILES string of the molecule is CC(c1nccs1)n1c(N)nc2cc(I)ccc21. The van der Waals surface area contributed by atoms with Gasteiger partial charge in [0.15, 0.2) is 0 Å². The largest absolute Gasteiger partial charge is 0.369 e. The predicted molar refractivity (Wildman–Crippen MR) is 82.8 cm³/mol. The minimum atomic E-state index is 0.107. The van der Waals surface area contributed by atoms with Gasteiger partial charge in [-0.15, -0.1) is 11.3 Å². The van der Waals surface area contributed by atoms with Gasteiger partial charge in [0, 0.05) is 15.1 Å². The van der Waals surface area contributed by atoms with Crippen molar-refractivity contribution in [2.24, 2.45) is 0 Å². The normalized spacial score (nSPS) is 13.0. The van der Waals surface area contributed by atoms with Crippen LogP contribution in [0.3, 0.4) is 0 Å². The first kappa shape index (κ1) is 11.9. The number of thiazole rings is 1. The number of halogens is 1. The van der Waals surface area contributed by atoms with Crippen molar-refractivity contribution in [3.8, 4) is 0 Å². The molecule has 0 amide bonds. The number of nitrogens with zero attached hydrogens (tertiary/aromatic N) is 3. The molecule has 92 valence electrons. The average molecular weight is 370 g/mol. The van der Waals surface area contributed by atoms with Crippen molar-refractivity contribution in [3.63, 3.8) is 0 Å². The maximum Gasteiger partial charge on any atom is 0.201 e. The van der Waals surface area contributed by atoms with Gasteiger partial charge in [0.1, 0.15) is 5.01 Å². The van der Waals surface area contributed by atoms with Crippen molar-refractivity contribution in [1.82, 2.24) is 14.5 Å². The van der Waals surface area contributed by atoms with Gasteiger partial charge in [0.2, 0.25) is 5.95 Å². The zero-order valence-electron chi connectivity index (χ0n) is 9.67. The molecule has 2 aromatic heterocycles. The number of fused-ring (bicyclic) bond motifs is 1. The number of rotatable bonds is 2. The molecule has 0 saturated heterocycles. The molecule has 0 radical (unpaired) electrons. The Labute approximate surface area is 122 Å². The van der Waals surface area contributed by atoms with Crippen LogP contribution in [0.4, 0.5) is 5.95 Å². The Kier molecular flexibility index (Phi) is 2.98. The number of imidazole rings is 1. The van der Waals surface area contributed by atoms with Crippen LogP contribution in [0.1, 0.15) is 18.0 Å². The summed E-state index contributed by atoms with van der Waals surface area (Å²) in [5.41, 5.74) is 8.02. The zero-order valence-corrected chi connectivity index (χ0v) is 12.6. The summed E-state index contributed by atoms with van der Waals surface area (Å²) in [7, 11) is 0. The molecule has 0 aliphatic heterocycles. The van der Waals surface area contributed by atoms with Gasteiger partial charge < -0.3 is 10.3 Å². The second-order valence-electron chi connectivity index (χ2n) is 4.02. The maximum atomic E-state index is 6.04. The maximum absolute atomic E-state index is 6.04. The first-order valence-electron chi connectivity index (χ1n) is 5.49. The van der Waals surface area contributed by atoms with E-state index in [1.165, 1.54) is 0 Å². The lowest BCUT2D eigenvalue weighted by atomic mass is 10.3. The van der Waals surface area contributed by atoms with Crippen LogP contribution in [-0.4, -0.2) is 14.5 Å². The highest BCUT2D eigenvalue weighted by Gasteiger charge is 2.17. The fraction of sp³-hybridized carbons (Fsp3) is 0.167. The molecule has 3 rings (SSSR count). The summed E-state index contributed by atoms with van der Waals surface area (Å²) in [4.78, 5) is 8.77. The minimum Gasteiger partial charge on any atom is -0.369 e. The van der Waals surface area contributed by atoms with Crippen LogP contribution in [0.5, 0.6) is 0 Å². The molecule has 1 aromatic carbocycles. The molecule has 2 heterocycles. The van der Waals surface area contributed by atoms with Gasteiger partial charge in [-0.25, -0.2) is 9.97 Å². The summed E-state index contributed by atoms with van der Waals surface area (Å²) in [6, 6.07) is 6.27. The highest BCUT2D eigenvalue weighted by Crippen LogP contribution is 2.28. The summed E-state index contributed by atoms with van der Waals surface area (Å²) in [6.45, 7) is 2.09. The van der Waals surface area contributed by atoms with Crippen LogP contribution in [0.25, 0.3) is 11.0 Å². The van der Waals surface area contributed by atoms with Crippen molar-refractivity contribution in [2.45, 2.75) is 13.0 Å². The van der Waals surface area contributed by atoms with Gasteiger partial charge in [0.25, 0.3) is 0 Å². The van der Waals surface area contributed by atoms with E-state index in [1.807, 2.05) is 22.2 Å². The number of hydrogen-bond acceptors (Lipinski definition) is 4. The Morgan fingerprint density at radius 3 is 3.00 bits per heavy atom. The third kappa shape index (κ3) is 1.89. The Balaban J connectivity index is 2.19. The van der Waals surface area contributed by atoms with E-state index in [2.05, 4.69) is 51.6 Å². The van der Waals surface area contributed by atoms with E-state index in [9.17, 15) is 0 Å². The highest BCUT2D eigenvalue weighted by atomic mass is 127. The number of benzene rings is 1. The highest BCUT2D eigenvalue weighted by molar-refractivity contribution is 14.1. The number of nitrogens with two attached hydrogens (primary N) is 1. The molecule has 0 fully saturated rings. The molecule has 0 spiro atoms. The van der Waals surface area contributed by atoms with E-state index in [0.717, 1.165) is 19.6 Å². The standard InChI is InChI=1S/C12H11IN4S/c1-7(11-15-4-5-18-11)17-10-3-2-8(13)6-9(10)16-12(17)14/h2-7H,1H3,(H2,14,16). The third-order valence-electron chi connectivity index (χ3n) is 2.87. The van der Waals surface area contributed by atoms with Crippen LogP contribution in [-0.2, 0) is 0 Å². The van der Waals surface area contributed by atoms with E-state index >= 15 is 0 Å². The first-order chi connectivity index (χ1) is 8.66. The third-order valence-corrected chi connectivity index (χ3v) is 4.49. The van der Waals surface area contributed by atoms with Crippen molar-refractivity contribution >= 4 is 50.9 Å². The lowest BCUT2D eigenvalue weighted by Crippen LogP contribution is -2.09. The van der Waals surface area contributed by atoms with E-state index in [0.29, 0.717) is 5.95 Å². The smallest absolute Gasteiger partial charge is 0.201 e. The summed E-state index contributed by atoms with van der Waals surface area (Å²) in [6.07, 6.45) is 1.81. The number of hydrogen-bond donors (Lipinski definition) is 1. The zero-order chi connectivity index (χ0) is 12.7. The molecule has 4 nitrogen and oxygen atoms in total. The monoisotopic (exact) mass is 370 g/mol.